The second-order valence-corrected chi connectivity index (χ2v) is 10.0. The lowest BCUT2D eigenvalue weighted by atomic mass is 10.2. The molecule has 4 heterocycles. The van der Waals surface area contributed by atoms with E-state index in [1.165, 1.54) is 12.1 Å². The molecule has 1 aliphatic heterocycles. The summed E-state index contributed by atoms with van der Waals surface area (Å²) in [7, 11) is 1.64. The zero-order valence-corrected chi connectivity index (χ0v) is 23.5. The summed E-state index contributed by atoms with van der Waals surface area (Å²) in [5, 5.41) is 14.5. The number of pyridine rings is 1. The number of carbonyl (C=O) groups excluding carboxylic acids is 1. The number of para-hydroxylation sites is 1. The van der Waals surface area contributed by atoms with E-state index in [4.69, 9.17) is 14.7 Å². The van der Waals surface area contributed by atoms with Crippen LogP contribution in [0.4, 0.5) is 17.5 Å². The van der Waals surface area contributed by atoms with Gasteiger partial charge in [0.05, 0.1) is 30.5 Å². The lowest BCUT2D eigenvalue weighted by Crippen LogP contribution is -2.49. The maximum Gasteiger partial charge on any atom is 0.269 e. The number of hydrogen-bond donors (Lipinski definition) is 1. The van der Waals surface area contributed by atoms with Gasteiger partial charge in [0.25, 0.3) is 11.6 Å². The van der Waals surface area contributed by atoms with Crippen LogP contribution in [0.5, 0.6) is 5.75 Å². The number of rotatable bonds is 9. The Morgan fingerprint density at radius 2 is 1.81 bits per heavy atom. The third kappa shape index (κ3) is 5.91. The predicted octanol–water partition coefficient (Wildman–Crippen LogP) is 3.76. The molecule has 1 fully saturated rings. The summed E-state index contributed by atoms with van der Waals surface area (Å²) in [6.07, 6.45) is 4.93. The highest BCUT2D eigenvalue weighted by Gasteiger charge is 2.25. The van der Waals surface area contributed by atoms with Crippen molar-refractivity contribution in [1.82, 2.24) is 29.4 Å². The molecule has 2 aromatic carbocycles. The number of nitro groups is 1. The van der Waals surface area contributed by atoms with Gasteiger partial charge in [-0.1, -0.05) is 30.3 Å². The van der Waals surface area contributed by atoms with E-state index in [-0.39, 0.29) is 11.6 Å². The number of imidazole rings is 1. The minimum Gasteiger partial charge on any atom is -0.496 e. The van der Waals surface area contributed by atoms with E-state index >= 15 is 0 Å². The Balaban J connectivity index is 1.28. The molecular weight excluding hydrogens is 550 g/mol. The van der Waals surface area contributed by atoms with Crippen LogP contribution in [-0.2, 0) is 13.1 Å². The quantitative estimate of drug-likeness (QED) is 0.202. The molecule has 3 aromatic heterocycles. The number of fused-ring (bicyclic) bond motifs is 1. The van der Waals surface area contributed by atoms with Gasteiger partial charge in [0, 0.05) is 62.8 Å². The van der Waals surface area contributed by atoms with Crippen molar-refractivity contribution >= 4 is 34.5 Å². The van der Waals surface area contributed by atoms with Crippen LogP contribution in [0.25, 0.3) is 11.2 Å². The summed E-state index contributed by atoms with van der Waals surface area (Å²) in [6.45, 7) is 3.02. The number of amides is 1. The number of ether oxygens (including phenoxy) is 1. The van der Waals surface area contributed by atoms with Crippen molar-refractivity contribution in [2.75, 3.05) is 43.5 Å². The topological polar surface area (TPSA) is 144 Å². The Morgan fingerprint density at radius 3 is 2.53 bits per heavy atom. The Labute approximate surface area is 246 Å². The van der Waals surface area contributed by atoms with E-state index in [0.717, 1.165) is 16.9 Å². The van der Waals surface area contributed by atoms with Crippen LogP contribution in [0.3, 0.4) is 0 Å². The van der Waals surface area contributed by atoms with Gasteiger partial charge in [-0.25, -0.2) is 4.98 Å². The van der Waals surface area contributed by atoms with Gasteiger partial charge in [0.2, 0.25) is 5.95 Å². The number of non-ortho nitro benzene ring substituents is 1. The average Bonchev–Trinajstić information content (AvgIpc) is 3.46. The molecule has 5 aromatic rings. The molecular formula is C30H29N9O4. The summed E-state index contributed by atoms with van der Waals surface area (Å²) in [5.41, 5.74) is 3.66. The second kappa shape index (κ2) is 12.1. The Hall–Kier alpha value is -5.59. The highest BCUT2D eigenvalue weighted by atomic mass is 16.6. The van der Waals surface area contributed by atoms with Gasteiger partial charge in [-0.2, -0.15) is 9.97 Å². The molecule has 0 spiro atoms. The first-order valence-electron chi connectivity index (χ1n) is 13.8. The predicted molar refractivity (Wildman–Crippen MR) is 160 cm³/mol. The number of nitrogens with zero attached hydrogens (tertiary/aromatic N) is 8. The molecule has 0 saturated carbocycles. The highest BCUT2D eigenvalue weighted by Crippen LogP contribution is 2.26. The zero-order chi connectivity index (χ0) is 29.8. The molecule has 1 saturated heterocycles. The zero-order valence-electron chi connectivity index (χ0n) is 23.5. The molecule has 0 atom stereocenters. The third-order valence-corrected chi connectivity index (χ3v) is 7.35. The van der Waals surface area contributed by atoms with Crippen molar-refractivity contribution in [1.29, 1.82) is 0 Å². The first-order valence-corrected chi connectivity index (χ1v) is 13.8. The lowest BCUT2D eigenvalue weighted by molar-refractivity contribution is -0.384. The van der Waals surface area contributed by atoms with Gasteiger partial charge in [0.15, 0.2) is 17.0 Å². The van der Waals surface area contributed by atoms with Crippen molar-refractivity contribution in [3.05, 3.63) is 106 Å². The fourth-order valence-electron chi connectivity index (χ4n) is 5.04. The summed E-state index contributed by atoms with van der Waals surface area (Å²) in [5.74, 6) is 1.80. The van der Waals surface area contributed by atoms with E-state index in [1.54, 1.807) is 50.1 Å². The van der Waals surface area contributed by atoms with Crippen LogP contribution in [-0.4, -0.2) is 73.5 Å². The number of benzene rings is 2. The van der Waals surface area contributed by atoms with Crippen LogP contribution >= 0.6 is 0 Å². The monoisotopic (exact) mass is 579 g/mol. The summed E-state index contributed by atoms with van der Waals surface area (Å²) in [4.78, 5) is 46.0. The van der Waals surface area contributed by atoms with Crippen LogP contribution in [0, 0.1) is 10.1 Å². The fraction of sp³-hybridized carbons (Fsp3) is 0.233. The number of methoxy groups -OCH3 is 1. The normalized spacial score (nSPS) is 13.2. The minimum atomic E-state index is -0.417. The standard InChI is InChI=1S/C30H29N9O4/c1-43-25-7-3-2-5-22(25)18-32-27-26-28(38(20-33-26)19-21-8-10-24(11-9-21)39(41)42)35-30(34-27)37-15-13-36(14-16-37)29(40)23-6-4-12-31-17-23/h2-12,17,20H,13-16,18-19H2,1H3,(H,32,34,35). The molecule has 1 amide bonds. The van der Waals surface area contributed by atoms with E-state index in [9.17, 15) is 14.9 Å². The number of hydrogen-bond acceptors (Lipinski definition) is 10. The number of carbonyl (C=O) groups is 1. The molecule has 1 aliphatic rings. The number of aromatic nitrogens is 5. The molecule has 1 N–H and O–H groups in total. The Bertz CT molecular complexity index is 1750. The molecule has 43 heavy (non-hydrogen) atoms. The molecule has 13 heteroatoms. The number of nitro benzene ring substituents is 1. The molecule has 218 valence electrons. The van der Waals surface area contributed by atoms with Gasteiger partial charge in [-0.3, -0.25) is 19.9 Å². The maximum absolute atomic E-state index is 13.0. The average molecular weight is 580 g/mol. The largest absolute Gasteiger partial charge is 0.496 e. The minimum absolute atomic E-state index is 0.0350. The van der Waals surface area contributed by atoms with Gasteiger partial charge in [0.1, 0.15) is 5.75 Å². The molecule has 6 rings (SSSR count). The Kier molecular flexibility index (Phi) is 7.76. The van der Waals surface area contributed by atoms with Crippen LogP contribution in [0.1, 0.15) is 21.5 Å². The van der Waals surface area contributed by atoms with E-state index in [1.807, 2.05) is 33.7 Å². The molecule has 0 radical (unpaired) electrons. The van der Waals surface area contributed by atoms with Gasteiger partial charge < -0.3 is 24.4 Å². The summed E-state index contributed by atoms with van der Waals surface area (Å²) < 4.78 is 7.42. The van der Waals surface area contributed by atoms with Gasteiger partial charge >= 0.3 is 0 Å². The smallest absolute Gasteiger partial charge is 0.269 e. The first-order chi connectivity index (χ1) is 21.0. The van der Waals surface area contributed by atoms with Gasteiger partial charge in [-0.05, 0) is 23.8 Å². The van der Waals surface area contributed by atoms with Crippen molar-refractivity contribution in [3.8, 4) is 5.75 Å². The summed E-state index contributed by atoms with van der Waals surface area (Å²) in [6, 6.07) is 17.7. The van der Waals surface area contributed by atoms with Crippen LogP contribution in [0.15, 0.2) is 79.4 Å². The molecule has 0 aliphatic carbocycles. The van der Waals surface area contributed by atoms with E-state index in [0.29, 0.717) is 67.8 Å². The van der Waals surface area contributed by atoms with Crippen molar-refractivity contribution in [2.24, 2.45) is 0 Å². The van der Waals surface area contributed by atoms with Crippen molar-refractivity contribution in [3.63, 3.8) is 0 Å². The Morgan fingerprint density at radius 1 is 1.02 bits per heavy atom. The lowest BCUT2D eigenvalue weighted by Gasteiger charge is -2.34. The van der Waals surface area contributed by atoms with E-state index in [2.05, 4.69) is 20.2 Å². The highest BCUT2D eigenvalue weighted by molar-refractivity contribution is 5.94. The number of nitrogens with one attached hydrogen (secondary N) is 1. The summed E-state index contributed by atoms with van der Waals surface area (Å²) >= 11 is 0. The number of piperazine rings is 1. The molecule has 0 unspecified atom stereocenters. The maximum atomic E-state index is 13.0. The second-order valence-electron chi connectivity index (χ2n) is 10.0. The third-order valence-electron chi connectivity index (χ3n) is 7.35. The van der Waals surface area contributed by atoms with Crippen molar-refractivity contribution in [2.45, 2.75) is 13.1 Å². The number of anilines is 2. The van der Waals surface area contributed by atoms with Crippen LogP contribution < -0.4 is 15.0 Å². The van der Waals surface area contributed by atoms with Crippen molar-refractivity contribution < 1.29 is 14.5 Å². The SMILES string of the molecule is COc1ccccc1CNc1nc(N2CCN(C(=O)c3cccnc3)CC2)nc2c1ncn2Cc1ccc([N+](=O)[O-])cc1. The van der Waals surface area contributed by atoms with E-state index < -0.39 is 4.92 Å². The molecule has 0 bridgehead atoms. The molecule has 13 nitrogen and oxygen atoms in total. The van der Waals surface area contributed by atoms with Crippen LogP contribution in [0.2, 0.25) is 0 Å². The van der Waals surface area contributed by atoms with Gasteiger partial charge in [-0.15, -0.1) is 0 Å². The fourth-order valence-corrected chi connectivity index (χ4v) is 5.04. The first kappa shape index (κ1) is 27.6.